The molecular weight excluding hydrogens is 216 g/mol. The number of nitrogens with zero attached hydrogens (tertiary/aromatic N) is 2. The lowest BCUT2D eigenvalue weighted by molar-refractivity contribution is 0.0282. The average Bonchev–Trinajstić information content (AvgIpc) is 2.62. The molecule has 0 aromatic rings. The smallest absolute Gasteiger partial charge is 0.0594 e. The van der Waals surface area contributed by atoms with Gasteiger partial charge in [0.2, 0.25) is 0 Å². The van der Waals surface area contributed by atoms with Crippen LogP contribution in [0.3, 0.4) is 0 Å². The second kappa shape index (κ2) is 7.31. The van der Waals surface area contributed by atoms with Crippen LogP contribution in [0.1, 0.15) is 25.7 Å². The highest BCUT2D eigenvalue weighted by atomic mass is 16.5. The number of hydrogen-bond donors (Lipinski definition) is 1. The Hall–Kier alpha value is -0.160. The Morgan fingerprint density at radius 1 is 1.00 bits per heavy atom. The van der Waals surface area contributed by atoms with Crippen LogP contribution in [0.5, 0.6) is 0 Å². The molecule has 1 atom stereocenters. The Morgan fingerprint density at radius 3 is 2.59 bits per heavy atom. The van der Waals surface area contributed by atoms with Gasteiger partial charge >= 0.3 is 0 Å². The van der Waals surface area contributed by atoms with Gasteiger partial charge in [-0.25, -0.2) is 0 Å². The van der Waals surface area contributed by atoms with Crippen LogP contribution in [0.15, 0.2) is 0 Å². The van der Waals surface area contributed by atoms with Crippen molar-refractivity contribution in [1.29, 1.82) is 0 Å². The number of likely N-dealkylation sites (tertiary alicyclic amines) is 1. The standard InChI is InChI=1S/C13H26N2O2/c16-12-13-4-2-1-3-5-15(13)7-6-14-8-10-17-11-9-14/h13,16H,1-12H2. The Labute approximate surface area is 105 Å². The summed E-state index contributed by atoms with van der Waals surface area (Å²) in [5, 5.41) is 9.45. The van der Waals surface area contributed by atoms with Crippen molar-refractivity contribution >= 4 is 0 Å². The maximum absolute atomic E-state index is 9.45. The SMILES string of the molecule is OCC1CCCCCN1CCN1CCOCC1. The predicted molar refractivity (Wildman–Crippen MR) is 68.2 cm³/mol. The molecule has 4 heteroatoms. The topological polar surface area (TPSA) is 35.9 Å². The van der Waals surface area contributed by atoms with Gasteiger partial charge in [-0.15, -0.1) is 0 Å². The lowest BCUT2D eigenvalue weighted by atomic mass is 10.1. The zero-order valence-electron chi connectivity index (χ0n) is 10.8. The van der Waals surface area contributed by atoms with Crippen LogP contribution in [0, 0.1) is 0 Å². The molecule has 100 valence electrons. The van der Waals surface area contributed by atoms with Gasteiger partial charge in [-0.3, -0.25) is 9.80 Å². The fraction of sp³-hybridized carbons (Fsp3) is 1.00. The molecular formula is C13H26N2O2. The molecule has 0 amide bonds. The summed E-state index contributed by atoms with van der Waals surface area (Å²) in [6.07, 6.45) is 5.06. The predicted octanol–water partition coefficient (Wildman–Crippen LogP) is 0.556. The lowest BCUT2D eigenvalue weighted by Crippen LogP contribution is -2.45. The first-order chi connectivity index (χ1) is 8.40. The van der Waals surface area contributed by atoms with Crippen LogP contribution in [-0.4, -0.2) is 73.5 Å². The van der Waals surface area contributed by atoms with Crippen LogP contribution < -0.4 is 0 Å². The quantitative estimate of drug-likeness (QED) is 0.781. The number of aliphatic hydroxyl groups is 1. The summed E-state index contributed by atoms with van der Waals surface area (Å²) < 4.78 is 5.36. The van der Waals surface area contributed by atoms with Crippen LogP contribution >= 0.6 is 0 Å². The molecule has 0 saturated carbocycles. The molecule has 0 spiro atoms. The van der Waals surface area contributed by atoms with E-state index in [1.165, 1.54) is 25.7 Å². The molecule has 0 bridgehead atoms. The Morgan fingerprint density at radius 2 is 1.82 bits per heavy atom. The van der Waals surface area contributed by atoms with Crippen molar-refractivity contribution in [2.45, 2.75) is 31.7 Å². The number of rotatable bonds is 4. The summed E-state index contributed by atoms with van der Waals surface area (Å²) in [4.78, 5) is 4.96. The number of morpholine rings is 1. The van der Waals surface area contributed by atoms with E-state index in [0.29, 0.717) is 12.6 Å². The zero-order valence-corrected chi connectivity index (χ0v) is 10.8. The molecule has 2 heterocycles. The minimum absolute atomic E-state index is 0.323. The summed E-state index contributed by atoms with van der Waals surface area (Å²) >= 11 is 0. The van der Waals surface area contributed by atoms with E-state index in [2.05, 4.69) is 9.80 Å². The largest absolute Gasteiger partial charge is 0.395 e. The van der Waals surface area contributed by atoms with Crippen molar-refractivity contribution in [3.63, 3.8) is 0 Å². The van der Waals surface area contributed by atoms with Gasteiger partial charge in [-0.1, -0.05) is 12.8 Å². The van der Waals surface area contributed by atoms with E-state index in [1.807, 2.05) is 0 Å². The van der Waals surface area contributed by atoms with Crippen molar-refractivity contribution < 1.29 is 9.84 Å². The first-order valence-electron chi connectivity index (χ1n) is 7.05. The molecule has 0 radical (unpaired) electrons. The van der Waals surface area contributed by atoms with Crippen molar-refractivity contribution in [3.05, 3.63) is 0 Å². The Kier molecular flexibility index (Phi) is 5.71. The summed E-state index contributed by atoms with van der Waals surface area (Å²) in [6, 6.07) is 0.401. The van der Waals surface area contributed by atoms with Crippen LogP contribution in [-0.2, 0) is 4.74 Å². The van der Waals surface area contributed by atoms with Gasteiger partial charge in [-0.05, 0) is 19.4 Å². The number of ether oxygens (including phenoxy) is 1. The first kappa shape index (κ1) is 13.3. The van der Waals surface area contributed by atoms with E-state index in [-0.39, 0.29) is 0 Å². The third-order valence-electron chi connectivity index (χ3n) is 4.02. The molecule has 17 heavy (non-hydrogen) atoms. The van der Waals surface area contributed by atoms with Crippen molar-refractivity contribution in [1.82, 2.24) is 9.80 Å². The van der Waals surface area contributed by atoms with Crippen molar-refractivity contribution in [3.8, 4) is 0 Å². The highest BCUT2D eigenvalue weighted by Crippen LogP contribution is 2.16. The van der Waals surface area contributed by atoms with E-state index in [1.54, 1.807) is 0 Å². The lowest BCUT2D eigenvalue weighted by Gasteiger charge is -2.32. The average molecular weight is 242 g/mol. The zero-order chi connectivity index (χ0) is 11.9. The second-order valence-electron chi connectivity index (χ2n) is 5.18. The Bertz CT molecular complexity index is 208. The van der Waals surface area contributed by atoms with Gasteiger partial charge in [0.05, 0.1) is 19.8 Å². The molecule has 4 nitrogen and oxygen atoms in total. The van der Waals surface area contributed by atoms with E-state index < -0.39 is 0 Å². The second-order valence-corrected chi connectivity index (χ2v) is 5.18. The van der Waals surface area contributed by atoms with Gasteiger partial charge < -0.3 is 9.84 Å². The molecule has 2 rings (SSSR count). The molecule has 2 saturated heterocycles. The highest BCUT2D eigenvalue weighted by Gasteiger charge is 2.21. The van der Waals surface area contributed by atoms with Crippen LogP contribution in [0.2, 0.25) is 0 Å². The van der Waals surface area contributed by atoms with Crippen molar-refractivity contribution in [2.24, 2.45) is 0 Å². The van der Waals surface area contributed by atoms with Crippen molar-refractivity contribution in [2.75, 3.05) is 52.5 Å². The first-order valence-corrected chi connectivity index (χ1v) is 7.05. The monoisotopic (exact) mass is 242 g/mol. The van der Waals surface area contributed by atoms with Gasteiger partial charge in [0, 0.05) is 32.2 Å². The van der Waals surface area contributed by atoms with Crippen LogP contribution in [0.25, 0.3) is 0 Å². The molecule has 0 aliphatic carbocycles. The van der Waals surface area contributed by atoms with E-state index in [4.69, 9.17) is 4.74 Å². The van der Waals surface area contributed by atoms with Gasteiger partial charge in [-0.2, -0.15) is 0 Å². The molecule has 2 aliphatic heterocycles. The van der Waals surface area contributed by atoms with E-state index in [9.17, 15) is 5.11 Å². The molecule has 2 fully saturated rings. The number of aliphatic hydroxyl groups excluding tert-OH is 1. The number of hydrogen-bond acceptors (Lipinski definition) is 4. The van der Waals surface area contributed by atoms with Gasteiger partial charge in [0.1, 0.15) is 0 Å². The van der Waals surface area contributed by atoms with Gasteiger partial charge in [0.15, 0.2) is 0 Å². The summed E-state index contributed by atoms with van der Waals surface area (Å²) in [5.41, 5.74) is 0. The molecule has 0 aromatic carbocycles. The van der Waals surface area contributed by atoms with E-state index >= 15 is 0 Å². The Balaban J connectivity index is 1.74. The third-order valence-corrected chi connectivity index (χ3v) is 4.02. The van der Waals surface area contributed by atoms with E-state index in [0.717, 1.165) is 45.9 Å². The minimum atomic E-state index is 0.323. The maximum Gasteiger partial charge on any atom is 0.0594 e. The summed E-state index contributed by atoms with van der Waals surface area (Å²) in [6.45, 7) is 7.60. The van der Waals surface area contributed by atoms with Crippen LogP contribution in [0.4, 0.5) is 0 Å². The third kappa shape index (κ3) is 4.21. The fourth-order valence-corrected chi connectivity index (χ4v) is 2.83. The van der Waals surface area contributed by atoms with Gasteiger partial charge in [0.25, 0.3) is 0 Å². The highest BCUT2D eigenvalue weighted by molar-refractivity contribution is 4.76. The maximum atomic E-state index is 9.45. The summed E-state index contributed by atoms with van der Waals surface area (Å²) in [5.74, 6) is 0. The molecule has 0 aromatic heterocycles. The minimum Gasteiger partial charge on any atom is -0.395 e. The molecule has 1 unspecified atom stereocenters. The molecule has 2 aliphatic rings. The fourth-order valence-electron chi connectivity index (χ4n) is 2.83. The summed E-state index contributed by atoms with van der Waals surface area (Å²) in [7, 11) is 0. The molecule has 1 N–H and O–H groups in total. The normalized spacial score (nSPS) is 29.1.